The van der Waals surface area contributed by atoms with Crippen molar-refractivity contribution in [3.8, 4) is 0 Å². The van der Waals surface area contributed by atoms with Crippen LogP contribution in [0.4, 0.5) is 5.69 Å². The number of hydrogen-bond acceptors (Lipinski definition) is 3. The van der Waals surface area contributed by atoms with Gasteiger partial charge in [0.25, 0.3) is 0 Å². The van der Waals surface area contributed by atoms with E-state index in [9.17, 15) is 9.59 Å². The largest absolute Gasteiger partial charge is 0.478 e. The van der Waals surface area contributed by atoms with Gasteiger partial charge in [0.05, 0.1) is 11.3 Å². The second-order valence-electron chi connectivity index (χ2n) is 3.81. The zero-order valence-corrected chi connectivity index (χ0v) is 11.8. The number of carboxylic acids is 1. The molecule has 1 rings (SSSR count). The van der Waals surface area contributed by atoms with Gasteiger partial charge in [-0.15, -0.1) is 0 Å². The summed E-state index contributed by atoms with van der Waals surface area (Å²) in [7, 11) is 3.33. The number of carbonyl (C=O) groups is 2. The van der Waals surface area contributed by atoms with E-state index in [0.29, 0.717) is 18.7 Å². The molecule has 1 aromatic rings. The van der Waals surface area contributed by atoms with E-state index >= 15 is 0 Å². The number of carboxylic acid groups (broad SMARTS) is 1. The van der Waals surface area contributed by atoms with Crippen molar-refractivity contribution < 1.29 is 14.7 Å². The molecule has 5 nitrogen and oxygen atoms in total. The molecule has 1 aromatic carbocycles. The summed E-state index contributed by atoms with van der Waals surface area (Å²) >= 11 is 3.31. The molecule has 0 aromatic heterocycles. The number of carbonyl (C=O) groups excluding carboxylic acids is 1. The fourth-order valence-electron chi connectivity index (χ4n) is 1.52. The molecule has 0 aliphatic carbocycles. The minimum absolute atomic E-state index is 0.0753. The van der Waals surface area contributed by atoms with E-state index in [0.717, 1.165) is 4.47 Å². The third-order valence-electron chi connectivity index (χ3n) is 2.55. The normalized spacial score (nSPS) is 9.94. The Hall–Kier alpha value is -1.56. The Morgan fingerprint density at radius 3 is 2.67 bits per heavy atom. The van der Waals surface area contributed by atoms with Gasteiger partial charge < -0.3 is 15.3 Å². The first-order valence-corrected chi connectivity index (χ1v) is 6.19. The summed E-state index contributed by atoms with van der Waals surface area (Å²) in [5, 5.41) is 11.6. The van der Waals surface area contributed by atoms with Gasteiger partial charge in [-0.1, -0.05) is 15.9 Å². The minimum atomic E-state index is -0.982. The van der Waals surface area contributed by atoms with Crippen LogP contribution >= 0.6 is 15.9 Å². The monoisotopic (exact) mass is 314 g/mol. The van der Waals surface area contributed by atoms with Crippen LogP contribution in [0.2, 0.25) is 0 Å². The first-order chi connectivity index (χ1) is 8.45. The van der Waals surface area contributed by atoms with Gasteiger partial charge in [-0.3, -0.25) is 4.79 Å². The molecule has 1 amide bonds. The molecular formula is C12H15BrN2O3. The lowest BCUT2D eigenvalue weighted by atomic mass is 10.1. The highest BCUT2D eigenvalue weighted by molar-refractivity contribution is 9.10. The zero-order valence-electron chi connectivity index (χ0n) is 10.2. The molecular weight excluding hydrogens is 300 g/mol. The van der Waals surface area contributed by atoms with Crippen LogP contribution in [0.1, 0.15) is 16.8 Å². The topological polar surface area (TPSA) is 69.6 Å². The summed E-state index contributed by atoms with van der Waals surface area (Å²) < 4.78 is 0.800. The Bertz CT molecular complexity index is 463. The van der Waals surface area contributed by atoms with E-state index in [1.807, 2.05) is 0 Å². The minimum Gasteiger partial charge on any atom is -0.478 e. The van der Waals surface area contributed by atoms with Crippen molar-refractivity contribution in [1.29, 1.82) is 0 Å². The van der Waals surface area contributed by atoms with Crippen molar-refractivity contribution in [2.24, 2.45) is 0 Å². The number of benzene rings is 1. The van der Waals surface area contributed by atoms with E-state index in [1.165, 1.54) is 6.07 Å². The summed E-state index contributed by atoms with van der Waals surface area (Å²) in [6.45, 7) is 0.455. The summed E-state index contributed by atoms with van der Waals surface area (Å²) in [6, 6.07) is 4.95. The fourth-order valence-corrected chi connectivity index (χ4v) is 1.87. The molecule has 0 spiro atoms. The van der Waals surface area contributed by atoms with Gasteiger partial charge in [0.15, 0.2) is 0 Å². The van der Waals surface area contributed by atoms with E-state index in [1.54, 1.807) is 31.1 Å². The number of halogens is 1. The van der Waals surface area contributed by atoms with Crippen molar-refractivity contribution in [3.05, 3.63) is 28.2 Å². The van der Waals surface area contributed by atoms with E-state index in [-0.39, 0.29) is 11.5 Å². The second-order valence-corrected chi connectivity index (χ2v) is 4.73. The molecule has 0 aliphatic heterocycles. The molecule has 0 unspecified atom stereocenters. The highest BCUT2D eigenvalue weighted by Crippen LogP contribution is 2.24. The predicted octanol–water partition coefficient (Wildman–Crippen LogP) is 1.72. The third-order valence-corrected chi connectivity index (χ3v) is 3.05. The van der Waals surface area contributed by atoms with Crippen LogP contribution < -0.4 is 10.2 Å². The average Bonchev–Trinajstić information content (AvgIpc) is 2.34. The Labute approximate surface area is 114 Å². The van der Waals surface area contributed by atoms with Gasteiger partial charge in [-0.05, 0) is 18.2 Å². The first-order valence-electron chi connectivity index (χ1n) is 5.40. The standard InChI is InChI=1S/C12H15BrN2O3/c1-14-11(16)5-6-15(2)10-7-8(13)3-4-9(10)12(17)18/h3-4,7H,5-6H2,1-2H3,(H,14,16)(H,17,18). The van der Waals surface area contributed by atoms with Crippen molar-refractivity contribution in [1.82, 2.24) is 5.32 Å². The maximum absolute atomic E-state index is 11.2. The highest BCUT2D eigenvalue weighted by atomic mass is 79.9. The number of anilines is 1. The molecule has 0 bridgehead atoms. The van der Waals surface area contributed by atoms with Gasteiger partial charge in [-0.2, -0.15) is 0 Å². The van der Waals surface area contributed by atoms with Crippen molar-refractivity contribution in [3.63, 3.8) is 0 Å². The average molecular weight is 315 g/mol. The molecule has 0 radical (unpaired) electrons. The van der Waals surface area contributed by atoms with Gasteiger partial charge in [-0.25, -0.2) is 4.79 Å². The second kappa shape index (κ2) is 6.39. The number of amides is 1. The molecule has 2 N–H and O–H groups in total. The molecule has 6 heteroatoms. The van der Waals surface area contributed by atoms with Crippen LogP contribution in [0.3, 0.4) is 0 Å². The van der Waals surface area contributed by atoms with Crippen molar-refractivity contribution >= 4 is 33.5 Å². The Kier molecular flexibility index (Phi) is 5.15. The number of aromatic carboxylic acids is 1. The number of hydrogen-bond donors (Lipinski definition) is 2. The first kappa shape index (κ1) is 14.5. The van der Waals surface area contributed by atoms with Crippen LogP contribution in [-0.2, 0) is 4.79 Å². The number of rotatable bonds is 5. The Morgan fingerprint density at radius 1 is 1.44 bits per heavy atom. The lowest BCUT2D eigenvalue weighted by Gasteiger charge is -2.21. The summed E-state index contributed by atoms with van der Waals surface area (Å²) in [5.74, 6) is -1.06. The highest BCUT2D eigenvalue weighted by Gasteiger charge is 2.14. The molecule has 98 valence electrons. The van der Waals surface area contributed by atoms with E-state index in [4.69, 9.17) is 5.11 Å². The summed E-state index contributed by atoms with van der Waals surface area (Å²) in [6.07, 6.45) is 0.318. The van der Waals surface area contributed by atoms with Crippen LogP contribution in [0.5, 0.6) is 0 Å². The zero-order chi connectivity index (χ0) is 13.7. The van der Waals surface area contributed by atoms with Crippen LogP contribution in [-0.4, -0.2) is 37.6 Å². The molecule has 0 saturated heterocycles. The Balaban J connectivity index is 2.89. The van der Waals surface area contributed by atoms with Crippen LogP contribution in [0, 0.1) is 0 Å². The molecule has 0 saturated carbocycles. The molecule has 0 atom stereocenters. The SMILES string of the molecule is CNC(=O)CCN(C)c1cc(Br)ccc1C(=O)O. The van der Waals surface area contributed by atoms with Crippen LogP contribution in [0.25, 0.3) is 0 Å². The van der Waals surface area contributed by atoms with Crippen LogP contribution in [0.15, 0.2) is 22.7 Å². The molecule has 18 heavy (non-hydrogen) atoms. The summed E-state index contributed by atoms with van der Waals surface area (Å²) in [4.78, 5) is 24.0. The lowest BCUT2D eigenvalue weighted by Crippen LogP contribution is -2.27. The summed E-state index contributed by atoms with van der Waals surface area (Å²) in [5.41, 5.74) is 0.804. The van der Waals surface area contributed by atoms with Crippen molar-refractivity contribution in [2.45, 2.75) is 6.42 Å². The van der Waals surface area contributed by atoms with Crippen molar-refractivity contribution in [2.75, 3.05) is 25.5 Å². The third kappa shape index (κ3) is 3.73. The van der Waals surface area contributed by atoms with Gasteiger partial charge in [0, 0.05) is 31.5 Å². The van der Waals surface area contributed by atoms with Gasteiger partial charge >= 0.3 is 5.97 Å². The lowest BCUT2D eigenvalue weighted by molar-refractivity contribution is -0.120. The smallest absolute Gasteiger partial charge is 0.337 e. The quantitative estimate of drug-likeness (QED) is 0.868. The number of nitrogens with zero attached hydrogens (tertiary/aromatic N) is 1. The van der Waals surface area contributed by atoms with Gasteiger partial charge in [0.2, 0.25) is 5.91 Å². The molecule has 0 aliphatic rings. The predicted molar refractivity (Wildman–Crippen MR) is 73.1 cm³/mol. The Morgan fingerprint density at radius 2 is 2.11 bits per heavy atom. The fraction of sp³-hybridized carbons (Fsp3) is 0.333. The molecule has 0 heterocycles. The maximum Gasteiger partial charge on any atom is 0.337 e. The molecule has 0 fully saturated rings. The van der Waals surface area contributed by atoms with Gasteiger partial charge in [0.1, 0.15) is 0 Å². The van der Waals surface area contributed by atoms with E-state index in [2.05, 4.69) is 21.2 Å². The van der Waals surface area contributed by atoms with E-state index < -0.39 is 5.97 Å². The maximum atomic E-state index is 11.2. The number of nitrogens with one attached hydrogen (secondary N) is 1.